The number of benzene rings is 1. The van der Waals surface area contributed by atoms with Crippen molar-refractivity contribution < 1.29 is 9.50 Å². The predicted molar refractivity (Wildman–Crippen MR) is 91.5 cm³/mol. The lowest BCUT2D eigenvalue weighted by atomic mass is 10.1. The molecule has 1 aromatic heterocycles. The molecule has 0 radical (unpaired) electrons. The molecule has 23 heavy (non-hydrogen) atoms. The smallest absolute Gasteiger partial charge is 0.144 e. The van der Waals surface area contributed by atoms with Gasteiger partial charge in [-0.1, -0.05) is 23.2 Å². The number of thioether (sulfide) groups is 1. The largest absolute Gasteiger partial charge is 0.395 e. The molecule has 0 aliphatic rings. The van der Waals surface area contributed by atoms with Crippen molar-refractivity contribution in [3.8, 4) is 6.07 Å². The van der Waals surface area contributed by atoms with Crippen LogP contribution >= 0.6 is 46.3 Å². The lowest BCUT2D eigenvalue weighted by molar-refractivity contribution is 0.260. The average Bonchev–Trinajstić information content (AvgIpc) is 2.95. The van der Waals surface area contributed by atoms with Crippen molar-refractivity contribution in [1.29, 1.82) is 5.26 Å². The molecule has 4 nitrogen and oxygen atoms in total. The zero-order chi connectivity index (χ0) is 17.0. The summed E-state index contributed by atoms with van der Waals surface area (Å²) in [6.45, 7) is -0.178. The zero-order valence-corrected chi connectivity index (χ0v) is 14.8. The molecular formula is C14H12Cl2FN3OS2. The number of aliphatic hydroxyl groups is 1. The van der Waals surface area contributed by atoms with Crippen molar-refractivity contribution in [1.82, 2.24) is 4.98 Å². The molecule has 0 aliphatic heterocycles. The molecule has 0 fully saturated rings. The Labute approximate surface area is 151 Å². The Hall–Kier alpha value is -0.880. The zero-order valence-electron chi connectivity index (χ0n) is 11.7. The summed E-state index contributed by atoms with van der Waals surface area (Å²) in [5.74, 6) is -0.646. The van der Waals surface area contributed by atoms with Crippen LogP contribution in [0.2, 0.25) is 10.2 Å². The normalized spacial score (nSPS) is 13.6. The van der Waals surface area contributed by atoms with Crippen LogP contribution in [-0.4, -0.2) is 22.7 Å². The van der Waals surface area contributed by atoms with Crippen LogP contribution in [0.25, 0.3) is 0 Å². The van der Waals surface area contributed by atoms with Gasteiger partial charge in [0, 0.05) is 16.2 Å². The van der Waals surface area contributed by atoms with E-state index in [0.717, 1.165) is 10.9 Å². The van der Waals surface area contributed by atoms with E-state index in [-0.39, 0.29) is 22.4 Å². The molecule has 0 saturated heterocycles. The van der Waals surface area contributed by atoms with Crippen LogP contribution in [0.15, 0.2) is 22.5 Å². The molecule has 3 N–H and O–H groups in total. The van der Waals surface area contributed by atoms with Gasteiger partial charge >= 0.3 is 0 Å². The summed E-state index contributed by atoms with van der Waals surface area (Å²) in [4.78, 5) is 5.31. The first-order chi connectivity index (χ1) is 11.0. The summed E-state index contributed by atoms with van der Waals surface area (Å²) in [6.07, 6.45) is 0.420. The lowest BCUT2D eigenvalue weighted by Gasteiger charge is -2.19. The average molecular weight is 392 g/mol. The van der Waals surface area contributed by atoms with Gasteiger partial charge in [-0.2, -0.15) is 5.26 Å². The maximum Gasteiger partial charge on any atom is 0.144 e. The molecule has 9 heteroatoms. The maximum atomic E-state index is 13.5. The Morgan fingerprint density at radius 1 is 1.48 bits per heavy atom. The van der Waals surface area contributed by atoms with Crippen molar-refractivity contribution in [2.45, 2.75) is 22.6 Å². The molecule has 2 rings (SSSR count). The van der Waals surface area contributed by atoms with Gasteiger partial charge < -0.3 is 10.8 Å². The number of aliphatic hydroxyl groups excluding tert-OH is 1. The number of halogens is 3. The number of aromatic nitrogens is 1. The summed E-state index contributed by atoms with van der Waals surface area (Å²) in [6, 6.07) is 4.01. The molecule has 0 aliphatic carbocycles. The van der Waals surface area contributed by atoms with Crippen molar-refractivity contribution in [3.63, 3.8) is 0 Å². The number of thiazole rings is 1. The minimum atomic E-state index is -0.646. The molecule has 0 spiro atoms. The van der Waals surface area contributed by atoms with Gasteiger partial charge in [-0.3, -0.25) is 0 Å². The molecule has 1 aromatic carbocycles. The fraction of sp³-hybridized carbons (Fsp3) is 0.286. The van der Waals surface area contributed by atoms with E-state index < -0.39 is 11.9 Å². The fourth-order valence-corrected chi connectivity index (χ4v) is 4.81. The Kier molecular flexibility index (Phi) is 6.65. The Morgan fingerprint density at radius 3 is 2.78 bits per heavy atom. The monoisotopic (exact) mass is 391 g/mol. The third kappa shape index (κ3) is 4.57. The van der Waals surface area contributed by atoms with E-state index in [1.807, 2.05) is 6.07 Å². The third-order valence-electron chi connectivity index (χ3n) is 3.00. The third-order valence-corrected chi connectivity index (χ3v) is 6.10. The van der Waals surface area contributed by atoms with Crippen LogP contribution in [0.4, 0.5) is 4.39 Å². The van der Waals surface area contributed by atoms with Crippen LogP contribution in [0, 0.1) is 17.1 Å². The molecule has 1 heterocycles. The summed E-state index contributed by atoms with van der Waals surface area (Å²) >= 11 is 14.6. The lowest BCUT2D eigenvalue weighted by Crippen LogP contribution is -2.26. The van der Waals surface area contributed by atoms with Gasteiger partial charge in [-0.15, -0.1) is 23.1 Å². The van der Waals surface area contributed by atoms with Gasteiger partial charge in [0.1, 0.15) is 17.0 Å². The first-order valence-electron chi connectivity index (χ1n) is 6.47. The summed E-state index contributed by atoms with van der Waals surface area (Å²) in [7, 11) is 0. The van der Waals surface area contributed by atoms with Crippen molar-refractivity contribution in [2.24, 2.45) is 5.73 Å². The second-order valence-corrected chi connectivity index (χ2v) is 7.56. The van der Waals surface area contributed by atoms with Crippen LogP contribution in [-0.2, 0) is 0 Å². The number of rotatable bonds is 6. The molecule has 0 saturated carbocycles. The minimum absolute atomic E-state index is 0.0629. The molecule has 2 aromatic rings. The van der Waals surface area contributed by atoms with Gasteiger partial charge in [0.15, 0.2) is 0 Å². The molecule has 2 atom stereocenters. The Balaban J connectivity index is 2.37. The van der Waals surface area contributed by atoms with Gasteiger partial charge in [0.2, 0.25) is 0 Å². The van der Waals surface area contributed by atoms with E-state index in [9.17, 15) is 14.8 Å². The van der Waals surface area contributed by atoms with Crippen molar-refractivity contribution in [2.75, 3.05) is 6.61 Å². The Morgan fingerprint density at radius 2 is 2.22 bits per heavy atom. The minimum Gasteiger partial charge on any atom is -0.395 e. The van der Waals surface area contributed by atoms with Gasteiger partial charge in [0.25, 0.3) is 0 Å². The van der Waals surface area contributed by atoms with Gasteiger partial charge in [-0.25, -0.2) is 9.37 Å². The van der Waals surface area contributed by atoms with Gasteiger partial charge in [0.05, 0.1) is 27.6 Å². The van der Waals surface area contributed by atoms with Crippen LogP contribution in [0.5, 0.6) is 0 Å². The predicted octanol–water partition coefficient (Wildman–Crippen LogP) is 4.00. The quantitative estimate of drug-likeness (QED) is 0.726. The van der Waals surface area contributed by atoms with Crippen LogP contribution < -0.4 is 5.73 Å². The number of hydrogen-bond donors (Lipinski definition) is 2. The highest BCUT2D eigenvalue weighted by Gasteiger charge is 2.23. The highest BCUT2D eigenvalue weighted by Crippen LogP contribution is 2.44. The first-order valence-corrected chi connectivity index (χ1v) is 8.98. The second-order valence-electron chi connectivity index (χ2n) is 4.67. The second kappa shape index (κ2) is 8.29. The van der Waals surface area contributed by atoms with E-state index >= 15 is 0 Å². The summed E-state index contributed by atoms with van der Waals surface area (Å²) in [5, 5.41) is 18.4. The molecular weight excluding hydrogens is 380 g/mol. The maximum absolute atomic E-state index is 13.5. The number of hydrogen-bond acceptors (Lipinski definition) is 6. The summed E-state index contributed by atoms with van der Waals surface area (Å²) < 4.78 is 13.5. The number of nitrogens with two attached hydrogens (primary N) is 1. The molecule has 0 bridgehead atoms. The van der Waals surface area contributed by atoms with E-state index in [1.54, 1.807) is 5.51 Å². The Bertz CT molecular complexity index is 735. The highest BCUT2D eigenvalue weighted by molar-refractivity contribution is 7.99. The van der Waals surface area contributed by atoms with Crippen LogP contribution in [0.3, 0.4) is 0 Å². The molecule has 122 valence electrons. The first kappa shape index (κ1) is 18.5. The van der Waals surface area contributed by atoms with Crippen molar-refractivity contribution >= 4 is 46.3 Å². The van der Waals surface area contributed by atoms with Crippen molar-refractivity contribution in [3.05, 3.63) is 44.1 Å². The fourth-order valence-electron chi connectivity index (χ4n) is 1.88. The molecule has 0 unspecified atom stereocenters. The summed E-state index contributed by atoms with van der Waals surface area (Å²) in [5.41, 5.74) is 7.63. The van der Waals surface area contributed by atoms with E-state index in [1.165, 1.54) is 29.2 Å². The van der Waals surface area contributed by atoms with Crippen LogP contribution in [0.1, 0.15) is 22.1 Å². The number of nitrogens with zero attached hydrogens (tertiary/aromatic N) is 2. The van der Waals surface area contributed by atoms with E-state index in [4.69, 9.17) is 28.9 Å². The highest BCUT2D eigenvalue weighted by atomic mass is 35.5. The number of nitriles is 1. The molecule has 0 amide bonds. The van der Waals surface area contributed by atoms with E-state index in [0.29, 0.717) is 16.5 Å². The SMILES string of the molecule is N#Cc1cc(F)c(Cl)cc1S[C@H](C[C@H](N)CO)c1scnc1Cl. The van der Waals surface area contributed by atoms with Gasteiger partial charge in [-0.05, 0) is 18.6 Å². The topological polar surface area (TPSA) is 82.9 Å². The van der Waals surface area contributed by atoms with E-state index in [2.05, 4.69) is 4.98 Å². The standard InChI is InChI=1S/C14H12Cl2FN3OS2/c15-9-3-11(7(4-18)1-10(9)17)23-12(2-8(19)5-21)13-14(16)20-6-22-13/h1,3,6,8,12,21H,2,5,19H2/t8-,12+/m0/s1.